The molecular weight excluding hydrogens is 276 g/mol. The smallest absolute Gasteiger partial charge is 0.240 e. The third kappa shape index (κ3) is 5.17. The van der Waals surface area contributed by atoms with Crippen LogP contribution in [0.15, 0.2) is 18.2 Å². The topological polar surface area (TPSA) is 49.4 Å². The number of nitrogens with one attached hydrogen (secondary N) is 1. The van der Waals surface area contributed by atoms with Gasteiger partial charge >= 0.3 is 0 Å². The van der Waals surface area contributed by atoms with Crippen molar-refractivity contribution in [2.24, 2.45) is 0 Å². The van der Waals surface area contributed by atoms with Gasteiger partial charge in [-0.15, -0.1) is 0 Å². The van der Waals surface area contributed by atoms with Gasteiger partial charge in [-0.05, 0) is 30.9 Å². The van der Waals surface area contributed by atoms with E-state index in [1.807, 2.05) is 25.1 Å². The van der Waals surface area contributed by atoms with Crippen LogP contribution in [-0.4, -0.2) is 24.9 Å². The third-order valence-electron chi connectivity index (χ3n) is 3.76. The average molecular weight is 304 g/mol. The van der Waals surface area contributed by atoms with E-state index in [0.717, 1.165) is 42.5 Å². The van der Waals surface area contributed by atoms with Gasteiger partial charge in [-0.25, -0.2) is 0 Å². The van der Waals surface area contributed by atoms with E-state index in [1.54, 1.807) is 4.90 Å². The minimum Gasteiger partial charge on any atom is -0.355 e. The zero-order valence-corrected chi connectivity index (χ0v) is 14.2. The second-order valence-electron chi connectivity index (χ2n) is 5.60. The first-order valence-electron chi connectivity index (χ1n) is 8.14. The summed E-state index contributed by atoms with van der Waals surface area (Å²) >= 11 is 0. The highest BCUT2D eigenvalue weighted by Crippen LogP contribution is 2.25. The minimum atomic E-state index is -0.104. The van der Waals surface area contributed by atoms with E-state index in [0.29, 0.717) is 6.54 Å². The van der Waals surface area contributed by atoms with Crippen LogP contribution in [0.4, 0.5) is 5.69 Å². The lowest BCUT2D eigenvalue weighted by atomic mass is 10.0. The van der Waals surface area contributed by atoms with Crippen LogP contribution in [0.3, 0.4) is 0 Å². The van der Waals surface area contributed by atoms with Crippen LogP contribution in [0.25, 0.3) is 0 Å². The van der Waals surface area contributed by atoms with Gasteiger partial charge in [0, 0.05) is 13.5 Å². The van der Waals surface area contributed by atoms with Gasteiger partial charge in [0.05, 0.1) is 5.69 Å². The van der Waals surface area contributed by atoms with Crippen LogP contribution >= 0.6 is 0 Å². The average Bonchev–Trinajstić information content (AvgIpc) is 2.49. The Morgan fingerprint density at radius 3 is 2.50 bits per heavy atom. The van der Waals surface area contributed by atoms with Crippen LogP contribution in [-0.2, 0) is 16.0 Å². The molecule has 0 bridgehead atoms. The molecule has 0 saturated heterocycles. The number of hydrogen-bond acceptors (Lipinski definition) is 2. The Hall–Kier alpha value is -1.84. The first-order valence-corrected chi connectivity index (χ1v) is 8.14. The summed E-state index contributed by atoms with van der Waals surface area (Å²) < 4.78 is 0. The molecule has 2 amide bonds. The van der Waals surface area contributed by atoms with E-state index < -0.39 is 0 Å². The molecule has 122 valence electrons. The number of nitrogens with zero attached hydrogens (tertiary/aromatic N) is 1. The van der Waals surface area contributed by atoms with Crippen LogP contribution in [0.2, 0.25) is 0 Å². The van der Waals surface area contributed by atoms with Crippen molar-refractivity contribution in [3.05, 3.63) is 29.3 Å². The molecule has 22 heavy (non-hydrogen) atoms. The molecule has 0 aromatic heterocycles. The molecule has 1 rings (SSSR count). The Morgan fingerprint density at radius 2 is 1.91 bits per heavy atom. The normalized spacial score (nSPS) is 10.4. The molecule has 0 heterocycles. The fourth-order valence-electron chi connectivity index (χ4n) is 2.54. The van der Waals surface area contributed by atoms with E-state index in [-0.39, 0.29) is 18.4 Å². The molecule has 4 nitrogen and oxygen atoms in total. The maximum absolute atomic E-state index is 12.1. The van der Waals surface area contributed by atoms with Gasteiger partial charge in [-0.1, -0.05) is 44.9 Å². The standard InChI is InChI=1S/C18H28N2O2/c1-5-7-8-12-19-17(22)13-20(15(4)21)18-14(3)10-9-11-16(18)6-2/h9-11H,5-8,12-13H2,1-4H3,(H,19,22). The van der Waals surface area contributed by atoms with E-state index >= 15 is 0 Å². The summed E-state index contributed by atoms with van der Waals surface area (Å²) in [4.78, 5) is 25.7. The molecule has 0 aliphatic carbocycles. The second-order valence-corrected chi connectivity index (χ2v) is 5.60. The summed E-state index contributed by atoms with van der Waals surface area (Å²) in [6, 6.07) is 5.97. The number of para-hydroxylation sites is 1. The molecule has 0 atom stereocenters. The van der Waals surface area contributed by atoms with Crippen LogP contribution in [0.1, 0.15) is 51.2 Å². The van der Waals surface area contributed by atoms with Crippen molar-refractivity contribution >= 4 is 17.5 Å². The largest absolute Gasteiger partial charge is 0.355 e. The maximum atomic E-state index is 12.1. The molecule has 1 aromatic carbocycles. The summed E-state index contributed by atoms with van der Waals surface area (Å²) in [5.74, 6) is -0.204. The van der Waals surface area contributed by atoms with Gasteiger partial charge in [-0.3, -0.25) is 9.59 Å². The predicted octanol–water partition coefficient (Wildman–Crippen LogP) is 3.22. The molecule has 0 unspecified atom stereocenters. The number of amides is 2. The molecule has 1 N–H and O–H groups in total. The van der Waals surface area contributed by atoms with E-state index in [9.17, 15) is 9.59 Å². The zero-order valence-electron chi connectivity index (χ0n) is 14.2. The zero-order chi connectivity index (χ0) is 16.5. The predicted molar refractivity (Wildman–Crippen MR) is 91.1 cm³/mol. The summed E-state index contributed by atoms with van der Waals surface area (Å²) in [6.45, 7) is 8.43. The maximum Gasteiger partial charge on any atom is 0.240 e. The van der Waals surface area contributed by atoms with Gasteiger partial charge in [0.15, 0.2) is 0 Å². The Balaban J connectivity index is 2.83. The lowest BCUT2D eigenvalue weighted by Gasteiger charge is -2.25. The summed E-state index contributed by atoms with van der Waals surface area (Å²) in [6.07, 6.45) is 4.04. The minimum absolute atomic E-state index is 0.0827. The summed E-state index contributed by atoms with van der Waals surface area (Å²) in [5, 5.41) is 2.90. The number of carbonyl (C=O) groups is 2. The highest BCUT2D eigenvalue weighted by atomic mass is 16.2. The highest BCUT2D eigenvalue weighted by Gasteiger charge is 2.19. The molecule has 0 spiro atoms. The number of rotatable bonds is 8. The number of carbonyl (C=O) groups excluding carboxylic acids is 2. The SMILES string of the molecule is CCCCCNC(=O)CN(C(C)=O)c1c(C)cccc1CC. The van der Waals surface area contributed by atoms with Crippen molar-refractivity contribution in [3.63, 3.8) is 0 Å². The van der Waals surface area contributed by atoms with Crippen LogP contribution in [0.5, 0.6) is 0 Å². The van der Waals surface area contributed by atoms with E-state index in [2.05, 4.69) is 19.2 Å². The summed E-state index contributed by atoms with van der Waals surface area (Å²) in [7, 11) is 0. The van der Waals surface area contributed by atoms with Gasteiger partial charge in [-0.2, -0.15) is 0 Å². The van der Waals surface area contributed by atoms with Crippen LogP contribution in [0, 0.1) is 6.92 Å². The molecule has 0 fully saturated rings. The monoisotopic (exact) mass is 304 g/mol. The number of benzene rings is 1. The Bertz CT molecular complexity index is 512. The lowest BCUT2D eigenvalue weighted by molar-refractivity contribution is -0.123. The third-order valence-corrected chi connectivity index (χ3v) is 3.76. The van der Waals surface area contributed by atoms with Crippen molar-refractivity contribution in [1.29, 1.82) is 0 Å². The van der Waals surface area contributed by atoms with Crippen LogP contribution < -0.4 is 10.2 Å². The molecule has 1 aromatic rings. The molecule has 0 aliphatic rings. The molecule has 0 aliphatic heterocycles. The number of hydrogen-bond donors (Lipinski definition) is 1. The fourth-order valence-corrected chi connectivity index (χ4v) is 2.54. The molecule has 0 saturated carbocycles. The molecule has 0 radical (unpaired) electrons. The Morgan fingerprint density at radius 1 is 1.18 bits per heavy atom. The first-order chi connectivity index (χ1) is 10.5. The molecular formula is C18H28N2O2. The first kappa shape index (κ1) is 18.2. The van der Waals surface area contributed by atoms with Crippen molar-refractivity contribution in [3.8, 4) is 0 Å². The highest BCUT2D eigenvalue weighted by molar-refractivity contribution is 5.98. The van der Waals surface area contributed by atoms with Gasteiger partial charge in [0.25, 0.3) is 0 Å². The number of unbranched alkanes of at least 4 members (excludes halogenated alkanes) is 2. The van der Waals surface area contributed by atoms with Crippen molar-refractivity contribution in [1.82, 2.24) is 5.32 Å². The Labute approximate surface area is 133 Å². The quantitative estimate of drug-likeness (QED) is 0.750. The van der Waals surface area contributed by atoms with Gasteiger partial charge in [0.2, 0.25) is 11.8 Å². The number of anilines is 1. The molecule has 4 heteroatoms. The van der Waals surface area contributed by atoms with E-state index in [4.69, 9.17) is 0 Å². The van der Waals surface area contributed by atoms with Gasteiger partial charge < -0.3 is 10.2 Å². The summed E-state index contributed by atoms with van der Waals surface area (Å²) in [5.41, 5.74) is 2.99. The second kappa shape index (κ2) is 9.23. The lowest BCUT2D eigenvalue weighted by Crippen LogP contribution is -2.40. The fraction of sp³-hybridized carbons (Fsp3) is 0.556. The van der Waals surface area contributed by atoms with E-state index in [1.165, 1.54) is 6.92 Å². The van der Waals surface area contributed by atoms with Gasteiger partial charge in [0.1, 0.15) is 6.54 Å². The van der Waals surface area contributed by atoms with Crippen molar-refractivity contribution < 1.29 is 9.59 Å². The van der Waals surface area contributed by atoms with Crippen molar-refractivity contribution in [2.75, 3.05) is 18.0 Å². The number of aryl methyl sites for hydroxylation is 2. The van der Waals surface area contributed by atoms with Crippen molar-refractivity contribution in [2.45, 2.75) is 53.4 Å². The Kier molecular flexibility index (Phi) is 7.64.